The Morgan fingerprint density at radius 2 is 1.23 bits per heavy atom. The molecular weight excluding hydrogens is 268 g/mol. The minimum atomic E-state index is 0.387. The fourth-order valence-electron chi connectivity index (χ4n) is 2.82. The van der Waals surface area contributed by atoms with Gasteiger partial charge in [0.05, 0.1) is 0 Å². The predicted octanol–water partition coefficient (Wildman–Crippen LogP) is 4.88. The normalized spacial score (nSPS) is 10.6. The van der Waals surface area contributed by atoms with Crippen LogP contribution in [0.15, 0.2) is 72.8 Å². The van der Waals surface area contributed by atoms with E-state index in [0.29, 0.717) is 5.75 Å². The van der Waals surface area contributed by atoms with Crippen molar-refractivity contribution < 1.29 is 5.11 Å². The minimum absolute atomic E-state index is 0.387. The van der Waals surface area contributed by atoms with Crippen LogP contribution in [0, 0.1) is 6.92 Å². The van der Waals surface area contributed by atoms with E-state index >= 15 is 0 Å². The SMILES string of the molecule is Cc1c(Cc2ccccc2)ccc(O)c1Cc1ccccc1. The van der Waals surface area contributed by atoms with Crippen LogP contribution in [0.3, 0.4) is 0 Å². The molecule has 0 aliphatic carbocycles. The van der Waals surface area contributed by atoms with Gasteiger partial charge in [0.15, 0.2) is 0 Å². The summed E-state index contributed by atoms with van der Waals surface area (Å²) in [4.78, 5) is 0. The van der Waals surface area contributed by atoms with Crippen LogP contribution in [0.25, 0.3) is 0 Å². The van der Waals surface area contributed by atoms with Crippen LogP contribution in [0.1, 0.15) is 27.8 Å². The van der Waals surface area contributed by atoms with E-state index in [1.807, 2.05) is 36.4 Å². The lowest BCUT2D eigenvalue weighted by Gasteiger charge is -2.14. The van der Waals surface area contributed by atoms with Crippen molar-refractivity contribution in [2.45, 2.75) is 19.8 Å². The molecule has 1 heteroatoms. The van der Waals surface area contributed by atoms with Crippen molar-refractivity contribution in [1.29, 1.82) is 0 Å². The van der Waals surface area contributed by atoms with E-state index < -0.39 is 0 Å². The van der Waals surface area contributed by atoms with Crippen molar-refractivity contribution in [1.82, 2.24) is 0 Å². The van der Waals surface area contributed by atoms with Crippen LogP contribution in [-0.4, -0.2) is 5.11 Å². The standard InChI is InChI=1S/C21H20O/c1-16-19(14-17-8-4-2-5-9-17)12-13-21(22)20(16)15-18-10-6-3-7-11-18/h2-13,22H,14-15H2,1H3. The molecule has 0 aliphatic heterocycles. The molecule has 0 atom stereocenters. The number of phenolic OH excluding ortho intramolecular Hbond substituents is 1. The van der Waals surface area contributed by atoms with Crippen LogP contribution >= 0.6 is 0 Å². The Morgan fingerprint density at radius 3 is 1.82 bits per heavy atom. The first-order chi connectivity index (χ1) is 10.7. The summed E-state index contributed by atoms with van der Waals surface area (Å²) in [6.45, 7) is 2.11. The van der Waals surface area contributed by atoms with E-state index in [4.69, 9.17) is 0 Å². The van der Waals surface area contributed by atoms with Gasteiger partial charge in [-0.2, -0.15) is 0 Å². The minimum Gasteiger partial charge on any atom is -0.508 e. The topological polar surface area (TPSA) is 20.2 Å². The summed E-state index contributed by atoms with van der Waals surface area (Å²) in [6, 6.07) is 24.6. The number of phenols is 1. The summed E-state index contributed by atoms with van der Waals surface area (Å²) >= 11 is 0. The smallest absolute Gasteiger partial charge is 0.119 e. The molecule has 3 aromatic rings. The molecule has 0 fully saturated rings. The highest BCUT2D eigenvalue weighted by Gasteiger charge is 2.10. The van der Waals surface area contributed by atoms with Gasteiger partial charge in [0.1, 0.15) is 5.75 Å². The zero-order chi connectivity index (χ0) is 15.4. The monoisotopic (exact) mass is 288 g/mol. The zero-order valence-corrected chi connectivity index (χ0v) is 12.8. The van der Waals surface area contributed by atoms with Gasteiger partial charge in [0, 0.05) is 12.0 Å². The quantitative estimate of drug-likeness (QED) is 0.725. The molecule has 1 N–H and O–H groups in total. The fourth-order valence-corrected chi connectivity index (χ4v) is 2.82. The van der Waals surface area contributed by atoms with Crippen LogP contribution < -0.4 is 0 Å². The van der Waals surface area contributed by atoms with Crippen LogP contribution in [0.5, 0.6) is 5.75 Å². The van der Waals surface area contributed by atoms with Gasteiger partial charge < -0.3 is 5.11 Å². The third kappa shape index (κ3) is 3.20. The molecule has 3 rings (SSSR count). The Labute approximate surface area is 131 Å². The number of benzene rings is 3. The van der Waals surface area contributed by atoms with Gasteiger partial charge in [0.25, 0.3) is 0 Å². The summed E-state index contributed by atoms with van der Waals surface area (Å²) in [5, 5.41) is 10.2. The highest BCUT2D eigenvalue weighted by atomic mass is 16.3. The lowest BCUT2D eigenvalue weighted by Crippen LogP contribution is -1.99. The maximum atomic E-state index is 10.2. The van der Waals surface area contributed by atoms with Crippen molar-refractivity contribution in [3.05, 3.63) is 101 Å². The van der Waals surface area contributed by atoms with Gasteiger partial charge in [-0.15, -0.1) is 0 Å². The number of aromatic hydroxyl groups is 1. The van der Waals surface area contributed by atoms with Crippen LogP contribution in [0.2, 0.25) is 0 Å². The van der Waals surface area contributed by atoms with Crippen LogP contribution in [-0.2, 0) is 12.8 Å². The van der Waals surface area contributed by atoms with Gasteiger partial charge in [-0.05, 0) is 41.7 Å². The first kappa shape index (κ1) is 14.4. The van der Waals surface area contributed by atoms with Gasteiger partial charge in [0.2, 0.25) is 0 Å². The molecule has 0 radical (unpaired) electrons. The van der Waals surface area contributed by atoms with E-state index in [1.54, 1.807) is 0 Å². The molecule has 0 saturated carbocycles. The second-order valence-electron chi connectivity index (χ2n) is 5.67. The predicted molar refractivity (Wildman–Crippen MR) is 91.3 cm³/mol. The first-order valence-electron chi connectivity index (χ1n) is 7.62. The van der Waals surface area contributed by atoms with E-state index in [0.717, 1.165) is 18.4 Å². The van der Waals surface area contributed by atoms with E-state index in [1.165, 1.54) is 22.3 Å². The van der Waals surface area contributed by atoms with Crippen molar-refractivity contribution >= 4 is 0 Å². The number of hydrogen-bond donors (Lipinski definition) is 1. The second kappa shape index (κ2) is 6.48. The molecule has 0 spiro atoms. The molecule has 0 heterocycles. The number of hydrogen-bond acceptors (Lipinski definition) is 1. The third-order valence-electron chi connectivity index (χ3n) is 4.15. The third-order valence-corrected chi connectivity index (χ3v) is 4.15. The van der Waals surface area contributed by atoms with Gasteiger partial charge in [-0.1, -0.05) is 66.7 Å². The Hall–Kier alpha value is -2.54. The molecule has 0 aliphatic rings. The molecule has 3 aromatic carbocycles. The Bertz CT molecular complexity index is 746. The highest BCUT2D eigenvalue weighted by Crippen LogP contribution is 2.28. The molecular formula is C21H20O. The van der Waals surface area contributed by atoms with Crippen molar-refractivity contribution in [3.8, 4) is 5.75 Å². The average molecular weight is 288 g/mol. The van der Waals surface area contributed by atoms with Gasteiger partial charge in [-0.3, -0.25) is 0 Å². The van der Waals surface area contributed by atoms with Gasteiger partial charge in [-0.25, -0.2) is 0 Å². The Morgan fingerprint density at radius 1 is 0.682 bits per heavy atom. The Balaban J connectivity index is 1.92. The summed E-state index contributed by atoms with van der Waals surface area (Å²) in [5.41, 5.74) is 6.00. The van der Waals surface area contributed by atoms with Gasteiger partial charge >= 0.3 is 0 Å². The van der Waals surface area contributed by atoms with E-state index in [9.17, 15) is 5.11 Å². The zero-order valence-electron chi connectivity index (χ0n) is 12.8. The Kier molecular flexibility index (Phi) is 4.24. The largest absolute Gasteiger partial charge is 0.508 e. The molecule has 1 nitrogen and oxygen atoms in total. The number of rotatable bonds is 4. The second-order valence-corrected chi connectivity index (χ2v) is 5.67. The molecule has 0 unspecified atom stereocenters. The van der Waals surface area contributed by atoms with E-state index in [2.05, 4.69) is 43.3 Å². The van der Waals surface area contributed by atoms with Crippen molar-refractivity contribution in [2.75, 3.05) is 0 Å². The fraction of sp³-hybridized carbons (Fsp3) is 0.143. The first-order valence-corrected chi connectivity index (χ1v) is 7.62. The summed E-state index contributed by atoms with van der Waals surface area (Å²) in [5.74, 6) is 0.387. The summed E-state index contributed by atoms with van der Waals surface area (Å²) in [7, 11) is 0. The summed E-state index contributed by atoms with van der Waals surface area (Å²) < 4.78 is 0. The van der Waals surface area contributed by atoms with Crippen molar-refractivity contribution in [2.24, 2.45) is 0 Å². The maximum absolute atomic E-state index is 10.2. The maximum Gasteiger partial charge on any atom is 0.119 e. The lowest BCUT2D eigenvalue weighted by molar-refractivity contribution is 0.468. The van der Waals surface area contributed by atoms with Crippen molar-refractivity contribution in [3.63, 3.8) is 0 Å². The summed E-state index contributed by atoms with van der Waals surface area (Å²) in [6.07, 6.45) is 1.66. The average Bonchev–Trinajstić information content (AvgIpc) is 2.56. The molecule has 0 bridgehead atoms. The molecule has 0 aromatic heterocycles. The molecule has 0 amide bonds. The lowest BCUT2D eigenvalue weighted by atomic mass is 9.92. The molecule has 22 heavy (non-hydrogen) atoms. The highest BCUT2D eigenvalue weighted by molar-refractivity contribution is 5.47. The molecule has 110 valence electrons. The van der Waals surface area contributed by atoms with E-state index in [-0.39, 0.29) is 0 Å². The molecule has 0 saturated heterocycles. The van der Waals surface area contributed by atoms with Crippen LogP contribution in [0.4, 0.5) is 0 Å².